The Bertz CT molecular complexity index is 1860. The number of anilines is 5. The van der Waals surface area contributed by atoms with Gasteiger partial charge in [0.05, 0.1) is 42.3 Å². The number of aryl methyl sites for hydroxylation is 1. The fraction of sp³-hybridized carbons (Fsp3) is 0.355. The third kappa shape index (κ3) is 5.41. The first-order valence-corrected chi connectivity index (χ1v) is 15.2. The molecule has 0 bridgehead atoms. The van der Waals surface area contributed by atoms with Gasteiger partial charge in [-0.3, -0.25) is 24.4 Å². The number of carbonyl (C=O) groups excluding carboxylic acids is 3. The average molecular weight is 632 g/mol. The Hall–Kier alpha value is -4.78. The van der Waals surface area contributed by atoms with E-state index >= 15 is 4.39 Å². The molecule has 1 unspecified atom stereocenters. The molecule has 3 aliphatic rings. The molecule has 2 fully saturated rings. The first-order chi connectivity index (χ1) is 21.6. The molecule has 3 atom stereocenters. The first-order valence-electron chi connectivity index (χ1n) is 14.8. The largest absolute Gasteiger partial charge is 0.379 e. The zero-order valence-electron chi connectivity index (χ0n) is 24.7. The van der Waals surface area contributed by atoms with Crippen molar-refractivity contribution in [1.29, 1.82) is 0 Å². The summed E-state index contributed by atoms with van der Waals surface area (Å²) >= 11 is 6.41. The highest BCUT2D eigenvalue weighted by atomic mass is 35.5. The molecule has 232 valence electrons. The van der Waals surface area contributed by atoms with Crippen LogP contribution in [-0.2, 0) is 27.9 Å². The van der Waals surface area contributed by atoms with Crippen LogP contribution < -0.4 is 25.8 Å². The van der Waals surface area contributed by atoms with E-state index in [-0.39, 0.29) is 30.7 Å². The summed E-state index contributed by atoms with van der Waals surface area (Å²) in [5.74, 6) is -0.275. The van der Waals surface area contributed by atoms with Gasteiger partial charge in [0.1, 0.15) is 11.2 Å². The van der Waals surface area contributed by atoms with Gasteiger partial charge in [-0.15, -0.1) is 0 Å². The smallest absolute Gasteiger partial charge is 0.235 e. The molecule has 0 aliphatic carbocycles. The van der Waals surface area contributed by atoms with Crippen LogP contribution in [0.4, 0.5) is 33.2 Å². The van der Waals surface area contributed by atoms with Crippen molar-refractivity contribution in [2.24, 2.45) is 7.05 Å². The Morgan fingerprint density at radius 2 is 1.89 bits per heavy atom. The third-order valence-electron chi connectivity index (χ3n) is 8.78. The highest BCUT2D eigenvalue weighted by molar-refractivity contribution is 6.32. The Kier molecular flexibility index (Phi) is 7.27. The van der Waals surface area contributed by atoms with E-state index in [9.17, 15) is 14.4 Å². The van der Waals surface area contributed by atoms with E-state index < -0.39 is 18.1 Å². The summed E-state index contributed by atoms with van der Waals surface area (Å²) in [6.07, 6.45) is 1.83. The van der Waals surface area contributed by atoms with Crippen LogP contribution in [0.3, 0.4) is 0 Å². The number of hydrogen-bond acceptors (Lipinski definition) is 9. The molecule has 3 amide bonds. The number of benzene rings is 2. The maximum absolute atomic E-state index is 15.6. The van der Waals surface area contributed by atoms with E-state index in [0.29, 0.717) is 48.3 Å². The van der Waals surface area contributed by atoms with E-state index in [2.05, 4.69) is 31.0 Å². The molecule has 45 heavy (non-hydrogen) atoms. The molecule has 3 aliphatic heterocycles. The van der Waals surface area contributed by atoms with Gasteiger partial charge in [-0.05, 0) is 54.8 Å². The Morgan fingerprint density at radius 3 is 2.69 bits per heavy atom. The minimum absolute atomic E-state index is 0.0413. The molecule has 2 aromatic heterocycles. The summed E-state index contributed by atoms with van der Waals surface area (Å²) in [4.78, 5) is 48.5. The Balaban J connectivity index is 1.02. The number of imide groups is 1. The summed E-state index contributed by atoms with van der Waals surface area (Å²) in [5, 5.41) is 14.7. The third-order valence-corrected chi connectivity index (χ3v) is 9.05. The van der Waals surface area contributed by atoms with Crippen molar-refractivity contribution in [3.05, 3.63) is 58.9 Å². The van der Waals surface area contributed by atoms with Gasteiger partial charge < -0.3 is 20.4 Å². The van der Waals surface area contributed by atoms with Crippen LogP contribution in [0.1, 0.15) is 36.4 Å². The number of amides is 3. The second-order valence-electron chi connectivity index (χ2n) is 11.7. The summed E-state index contributed by atoms with van der Waals surface area (Å²) in [7, 11) is 3.56. The van der Waals surface area contributed by atoms with Crippen molar-refractivity contribution >= 4 is 69.1 Å². The number of likely N-dealkylation sites (N-methyl/N-ethyl adjacent to an activating group) is 1. The number of nitrogens with zero attached hydrogens (tertiary/aromatic N) is 6. The molecular formula is C31H31ClFN9O3. The topological polar surface area (TPSA) is 137 Å². The normalized spacial score (nSPS) is 21.7. The lowest BCUT2D eigenvalue weighted by atomic mass is 9.93. The molecule has 12 nitrogen and oxygen atoms in total. The van der Waals surface area contributed by atoms with Gasteiger partial charge in [-0.25, -0.2) is 9.37 Å². The monoisotopic (exact) mass is 631 g/mol. The van der Waals surface area contributed by atoms with Gasteiger partial charge >= 0.3 is 0 Å². The molecule has 0 radical (unpaired) electrons. The predicted molar refractivity (Wildman–Crippen MR) is 169 cm³/mol. The number of carbonyl (C=O) groups is 3. The molecule has 5 heterocycles. The van der Waals surface area contributed by atoms with Crippen LogP contribution in [0, 0.1) is 0 Å². The molecule has 7 rings (SSSR count). The molecule has 14 heteroatoms. The lowest BCUT2D eigenvalue weighted by molar-refractivity contribution is -0.134. The molecule has 2 aromatic carbocycles. The first kappa shape index (κ1) is 29.0. The van der Waals surface area contributed by atoms with Gasteiger partial charge in [-0.1, -0.05) is 11.6 Å². The Labute approximate surface area is 262 Å². The van der Waals surface area contributed by atoms with Crippen molar-refractivity contribution in [3.63, 3.8) is 0 Å². The van der Waals surface area contributed by atoms with Crippen molar-refractivity contribution in [1.82, 2.24) is 25.1 Å². The fourth-order valence-corrected chi connectivity index (χ4v) is 6.47. The maximum Gasteiger partial charge on any atom is 0.235 e. The van der Waals surface area contributed by atoms with E-state index in [1.807, 2.05) is 36.4 Å². The van der Waals surface area contributed by atoms with Crippen molar-refractivity contribution in [3.8, 4) is 0 Å². The van der Waals surface area contributed by atoms with E-state index in [1.54, 1.807) is 28.6 Å². The molecule has 0 saturated carbocycles. The molecule has 0 spiro atoms. The summed E-state index contributed by atoms with van der Waals surface area (Å²) in [5.41, 5.74) is 4.73. The van der Waals surface area contributed by atoms with Gasteiger partial charge in [0, 0.05) is 49.5 Å². The quantitative estimate of drug-likeness (QED) is 0.271. The van der Waals surface area contributed by atoms with E-state index in [4.69, 9.17) is 11.6 Å². The van der Waals surface area contributed by atoms with Gasteiger partial charge in [0.25, 0.3) is 0 Å². The van der Waals surface area contributed by atoms with Crippen LogP contribution in [-0.4, -0.2) is 69.8 Å². The summed E-state index contributed by atoms with van der Waals surface area (Å²) in [6, 6.07) is 10.9. The fourth-order valence-electron chi connectivity index (χ4n) is 6.33. The Morgan fingerprint density at radius 1 is 1.07 bits per heavy atom. The molecule has 2 saturated heterocycles. The van der Waals surface area contributed by atoms with Crippen molar-refractivity contribution in [2.75, 3.05) is 40.6 Å². The SMILES string of the molecule is CN1C(=O)Cc2cc(Nc3nc(N4CC[C@H](Nc5ccc6c(C7CCC(=O)NC7=O)nn(C)c6c5)[C@H](F)C4)ncc3Cl)ccc21. The van der Waals surface area contributed by atoms with Crippen LogP contribution in [0.25, 0.3) is 10.9 Å². The lowest BCUT2D eigenvalue weighted by Gasteiger charge is -2.35. The van der Waals surface area contributed by atoms with E-state index in [1.165, 1.54) is 6.20 Å². The van der Waals surface area contributed by atoms with Crippen LogP contribution in [0.15, 0.2) is 42.6 Å². The van der Waals surface area contributed by atoms with Crippen LogP contribution >= 0.6 is 11.6 Å². The van der Waals surface area contributed by atoms with E-state index in [0.717, 1.165) is 33.5 Å². The number of nitrogens with one attached hydrogen (secondary N) is 3. The number of piperidine rings is 2. The summed E-state index contributed by atoms with van der Waals surface area (Å²) in [6.45, 7) is 0.625. The number of halogens is 2. The molecular weight excluding hydrogens is 601 g/mol. The number of aromatic nitrogens is 4. The maximum atomic E-state index is 15.6. The van der Waals surface area contributed by atoms with Gasteiger partial charge in [-0.2, -0.15) is 10.1 Å². The minimum Gasteiger partial charge on any atom is -0.379 e. The minimum atomic E-state index is -1.21. The predicted octanol–water partition coefficient (Wildman–Crippen LogP) is 3.83. The van der Waals surface area contributed by atoms with Crippen LogP contribution in [0.2, 0.25) is 5.02 Å². The van der Waals surface area contributed by atoms with Gasteiger partial charge in [0.15, 0.2) is 5.82 Å². The molecule has 4 aromatic rings. The van der Waals surface area contributed by atoms with Crippen LogP contribution in [0.5, 0.6) is 0 Å². The standard InChI is InChI=1S/C31H31ClFN9O3/c1-40-24-7-4-17(11-16(24)12-27(40)44)36-29-21(32)14-34-31(38-29)42-10-9-23(22(33)15-42)35-18-3-5-19-25(13-18)41(2)39-28(19)20-6-8-26(43)37-30(20)45/h3-5,7,11,13-14,20,22-23,35H,6,8-10,12,15H2,1-2H3,(H,34,36,38)(H,37,43,45)/t20?,22-,23+/m1/s1. The summed E-state index contributed by atoms with van der Waals surface area (Å²) < 4.78 is 17.3. The zero-order valence-corrected chi connectivity index (χ0v) is 25.4. The second kappa shape index (κ2) is 11.3. The highest BCUT2D eigenvalue weighted by Gasteiger charge is 2.33. The van der Waals surface area contributed by atoms with Crippen molar-refractivity contribution < 1.29 is 18.8 Å². The number of fused-ring (bicyclic) bond motifs is 2. The second-order valence-corrected chi connectivity index (χ2v) is 12.1. The van der Waals surface area contributed by atoms with Gasteiger partial charge in [0.2, 0.25) is 23.7 Å². The number of hydrogen-bond donors (Lipinski definition) is 3. The zero-order chi connectivity index (χ0) is 31.4. The van der Waals surface area contributed by atoms with Crippen molar-refractivity contribution in [2.45, 2.75) is 43.8 Å². The number of rotatable bonds is 6. The lowest BCUT2D eigenvalue weighted by Crippen LogP contribution is -2.48. The number of alkyl halides is 1. The highest BCUT2D eigenvalue weighted by Crippen LogP contribution is 2.34. The molecule has 3 N–H and O–H groups in total. The average Bonchev–Trinajstić information content (AvgIpc) is 3.49.